The SMILES string of the molecule is CC1CCC(C(C)C)C(NC2CCC(N)C2)C1. The maximum atomic E-state index is 6.01. The lowest BCUT2D eigenvalue weighted by molar-refractivity contribution is 0.159. The summed E-state index contributed by atoms with van der Waals surface area (Å²) in [5.41, 5.74) is 6.01. The summed E-state index contributed by atoms with van der Waals surface area (Å²) in [6, 6.07) is 1.89. The van der Waals surface area contributed by atoms with Gasteiger partial charge in [-0.3, -0.25) is 0 Å². The van der Waals surface area contributed by atoms with Crippen LogP contribution in [0.2, 0.25) is 0 Å². The van der Waals surface area contributed by atoms with Gasteiger partial charge >= 0.3 is 0 Å². The zero-order valence-electron chi connectivity index (χ0n) is 11.8. The Morgan fingerprint density at radius 1 is 1.06 bits per heavy atom. The van der Waals surface area contributed by atoms with Crippen molar-refractivity contribution in [1.29, 1.82) is 0 Å². The van der Waals surface area contributed by atoms with Gasteiger partial charge in [-0.05, 0) is 49.9 Å². The van der Waals surface area contributed by atoms with Gasteiger partial charge < -0.3 is 11.1 Å². The van der Waals surface area contributed by atoms with E-state index < -0.39 is 0 Å². The smallest absolute Gasteiger partial charge is 0.0103 e. The Bertz CT molecular complexity index is 239. The summed E-state index contributed by atoms with van der Waals surface area (Å²) in [6.07, 6.45) is 7.90. The first kappa shape index (κ1) is 13.4. The number of nitrogens with two attached hydrogens (primary N) is 1. The molecule has 0 radical (unpaired) electrons. The lowest BCUT2D eigenvalue weighted by atomic mass is 9.74. The van der Waals surface area contributed by atoms with Gasteiger partial charge in [0, 0.05) is 18.1 Å². The fraction of sp³-hybridized carbons (Fsp3) is 1.00. The molecule has 0 aromatic carbocycles. The summed E-state index contributed by atoms with van der Waals surface area (Å²) in [6.45, 7) is 7.18. The van der Waals surface area contributed by atoms with E-state index in [-0.39, 0.29) is 0 Å². The van der Waals surface area contributed by atoms with E-state index in [1.54, 1.807) is 0 Å². The molecule has 2 nitrogen and oxygen atoms in total. The van der Waals surface area contributed by atoms with Gasteiger partial charge in [-0.2, -0.15) is 0 Å². The highest BCUT2D eigenvalue weighted by Gasteiger charge is 2.33. The molecule has 2 aliphatic carbocycles. The predicted octanol–water partition coefficient (Wildman–Crippen LogP) is 2.92. The lowest BCUT2D eigenvalue weighted by Crippen LogP contribution is -2.47. The highest BCUT2D eigenvalue weighted by Crippen LogP contribution is 2.34. The highest BCUT2D eigenvalue weighted by atomic mass is 15.0. The van der Waals surface area contributed by atoms with E-state index in [0.29, 0.717) is 12.1 Å². The molecule has 0 aliphatic heterocycles. The Morgan fingerprint density at radius 3 is 2.41 bits per heavy atom. The minimum Gasteiger partial charge on any atom is -0.328 e. The van der Waals surface area contributed by atoms with Crippen LogP contribution in [0, 0.1) is 17.8 Å². The number of nitrogens with one attached hydrogen (secondary N) is 1. The Hall–Kier alpha value is -0.0800. The molecule has 0 bridgehead atoms. The van der Waals surface area contributed by atoms with E-state index in [1.807, 2.05) is 0 Å². The minimum atomic E-state index is 0.450. The van der Waals surface area contributed by atoms with Crippen LogP contribution in [0.4, 0.5) is 0 Å². The average Bonchev–Trinajstić information content (AvgIpc) is 2.63. The molecule has 5 unspecified atom stereocenters. The van der Waals surface area contributed by atoms with E-state index in [1.165, 1.54) is 38.5 Å². The molecule has 17 heavy (non-hydrogen) atoms. The molecule has 2 aliphatic rings. The highest BCUT2D eigenvalue weighted by molar-refractivity contribution is 4.91. The molecule has 0 aromatic heterocycles. The van der Waals surface area contributed by atoms with Crippen LogP contribution in [0.3, 0.4) is 0 Å². The zero-order valence-corrected chi connectivity index (χ0v) is 11.8. The molecule has 100 valence electrons. The monoisotopic (exact) mass is 238 g/mol. The van der Waals surface area contributed by atoms with Crippen LogP contribution in [0.15, 0.2) is 0 Å². The second kappa shape index (κ2) is 5.71. The van der Waals surface area contributed by atoms with Crippen LogP contribution in [0.25, 0.3) is 0 Å². The molecule has 0 heterocycles. The van der Waals surface area contributed by atoms with Gasteiger partial charge in [-0.25, -0.2) is 0 Å². The molecular formula is C15H30N2. The fourth-order valence-electron chi connectivity index (χ4n) is 3.86. The Balaban J connectivity index is 1.90. The molecule has 5 atom stereocenters. The summed E-state index contributed by atoms with van der Waals surface area (Å²) >= 11 is 0. The van der Waals surface area contributed by atoms with E-state index >= 15 is 0 Å². The summed E-state index contributed by atoms with van der Waals surface area (Å²) in [5, 5.41) is 3.93. The third-order valence-corrected chi connectivity index (χ3v) is 4.95. The van der Waals surface area contributed by atoms with Gasteiger partial charge in [0.25, 0.3) is 0 Å². The van der Waals surface area contributed by atoms with Gasteiger partial charge in [-0.15, -0.1) is 0 Å². The summed E-state index contributed by atoms with van der Waals surface area (Å²) in [4.78, 5) is 0. The van der Waals surface area contributed by atoms with Crippen molar-refractivity contribution in [3.8, 4) is 0 Å². The molecule has 2 heteroatoms. The van der Waals surface area contributed by atoms with Crippen molar-refractivity contribution < 1.29 is 0 Å². The van der Waals surface area contributed by atoms with Crippen LogP contribution >= 0.6 is 0 Å². The van der Waals surface area contributed by atoms with Gasteiger partial charge in [0.15, 0.2) is 0 Å². The topological polar surface area (TPSA) is 38.0 Å². The summed E-state index contributed by atoms with van der Waals surface area (Å²) < 4.78 is 0. The Labute approximate surface area is 107 Å². The molecule has 3 N–H and O–H groups in total. The minimum absolute atomic E-state index is 0.450. The maximum absolute atomic E-state index is 6.01. The first-order chi connectivity index (χ1) is 8.06. The summed E-state index contributed by atoms with van der Waals surface area (Å²) in [7, 11) is 0. The van der Waals surface area contributed by atoms with Crippen molar-refractivity contribution in [3.63, 3.8) is 0 Å². The van der Waals surface area contributed by atoms with E-state index in [4.69, 9.17) is 5.73 Å². The number of rotatable bonds is 3. The maximum Gasteiger partial charge on any atom is 0.0103 e. The molecule has 0 spiro atoms. The molecule has 0 saturated heterocycles. The predicted molar refractivity (Wildman–Crippen MR) is 73.9 cm³/mol. The Morgan fingerprint density at radius 2 is 1.82 bits per heavy atom. The van der Waals surface area contributed by atoms with Crippen molar-refractivity contribution in [1.82, 2.24) is 5.32 Å². The van der Waals surface area contributed by atoms with Crippen molar-refractivity contribution in [2.75, 3.05) is 0 Å². The molecular weight excluding hydrogens is 208 g/mol. The molecule has 0 aromatic rings. The molecule has 2 rings (SSSR count). The van der Waals surface area contributed by atoms with Crippen molar-refractivity contribution in [2.45, 2.75) is 77.4 Å². The molecule has 2 saturated carbocycles. The quantitative estimate of drug-likeness (QED) is 0.793. The second-order valence-corrected chi connectivity index (χ2v) is 6.87. The summed E-state index contributed by atoms with van der Waals surface area (Å²) in [5.74, 6) is 2.59. The van der Waals surface area contributed by atoms with Crippen LogP contribution in [-0.4, -0.2) is 18.1 Å². The normalized spacial score (nSPS) is 43.2. The third kappa shape index (κ3) is 3.45. The van der Waals surface area contributed by atoms with Crippen LogP contribution in [-0.2, 0) is 0 Å². The first-order valence-corrected chi connectivity index (χ1v) is 7.58. The van der Waals surface area contributed by atoms with Crippen molar-refractivity contribution in [3.05, 3.63) is 0 Å². The largest absolute Gasteiger partial charge is 0.328 e. The van der Waals surface area contributed by atoms with Gasteiger partial charge in [0.2, 0.25) is 0 Å². The van der Waals surface area contributed by atoms with Gasteiger partial charge in [0.05, 0.1) is 0 Å². The number of hydrogen-bond donors (Lipinski definition) is 2. The molecule has 0 amide bonds. The third-order valence-electron chi connectivity index (χ3n) is 4.95. The number of hydrogen-bond acceptors (Lipinski definition) is 2. The zero-order chi connectivity index (χ0) is 12.4. The van der Waals surface area contributed by atoms with Crippen LogP contribution in [0.5, 0.6) is 0 Å². The van der Waals surface area contributed by atoms with E-state index in [2.05, 4.69) is 26.1 Å². The Kier molecular flexibility index (Phi) is 4.48. The van der Waals surface area contributed by atoms with Crippen molar-refractivity contribution >= 4 is 0 Å². The first-order valence-electron chi connectivity index (χ1n) is 7.58. The van der Waals surface area contributed by atoms with Crippen LogP contribution < -0.4 is 11.1 Å². The molecule has 2 fully saturated rings. The fourth-order valence-corrected chi connectivity index (χ4v) is 3.86. The van der Waals surface area contributed by atoms with Gasteiger partial charge in [0.1, 0.15) is 0 Å². The lowest BCUT2D eigenvalue weighted by Gasteiger charge is -2.39. The van der Waals surface area contributed by atoms with E-state index in [9.17, 15) is 0 Å². The van der Waals surface area contributed by atoms with Crippen LogP contribution in [0.1, 0.15) is 59.3 Å². The van der Waals surface area contributed by atoms with Crippen molar-refractivity contribution in [2.24, 2.45) is 23.5 Å². The average molecular weight is 238 g/mol. The second-order valence-electron chi connectivity index (χ2n) is 6.87. The standard InChI is InChI=1S/C15H30N2/c1-10(2)14-7-4-11(3)8-15(14)17-13-6-5-12(16)9-13/h10-15,17H,4-9,16H2,1-3H3. The van der Waals surface area contributed by atoms with Gasteiger partial charge in [-0.1, -0.05) is 27.2 Å². The van der Waals surface area contributed by atoms with E-state index in [0.717, 1.165) is 23.8 Å².